The molecule has 1 fully saturated rings. The fourth-order valence-corrected chi connectivity index (χ4v) is 3.22. The number of benzene rings is 1. The number of amides is 2. The van der Waals surface area contributed by atoms with Gasteiger partial charge in [-0.15, -0.1) is 0 Å². The molecule has 1 aromatic carbocycles. The molecule has 1 saturated heterocycles. The summed E-state index contributed by atoms with van der Waals surface area (Å²) in [5, 5.41) is 2.62. The van der Waals surface area contributed by atoms with E-state index in [4.69, 9.17) is 14.2 Å². The number of carbonyl (C=O) groups excluding carboxylic acids is 2. The van der Waals surface area contributed by atoms with Crippen molar-refractivity contribution in [2.45, 2.75) is 18.6 Å². The van der Waals surface area contributed by atoms with Gasteiger partial charge in [-0.3, -0.25) is 9.59 Å². The molecule has 0 saturated carbocycles. The maximum atomic E-state index is 13.2. The maximum Gasteiger partial charge on any atom is 0.260 e. The summed E-state index contributed by atoms with van der Waals surface area (Å²) >= 11 is 0. The minimum atomic E-state index is -0.641. The van der Waals surface area contributed by atoms with Gasteiger partial charge in [0.2, 0.25) is 17.7 Å². The van der Waals surface area contributed by atoms with Crippen LogP contribution in [0.2, 0.25) is 0 Å². The van der Waals surface area contributed by atoms with Gasteiger partial charge >= 0.3 is 0 Å². The number of carbonyl (C=O) groups is 2. The summed E-state index contributed by atoms with van der Waals surface area (Å²) in [5.41, 5.74) is 0.262. The van der Waals surface area contributed by atoms with Crippen molar-refractivity contribution in [1.82, 2.24) is 15.2 Å². The van der Waals surface area contributed by atoms with Crippen molar-refractivity contribution < 1.29 is 23.8 Å². The second-order valence-corrected chi connectivity index (χ2v) is 6.29. The monoisotopic (exact) mass is 385 g/mol. The highest BCUT2D eigenvalue weighted by Crippen LogP contribution is 2.28. The normalized spacial score (nSPS) is 18.5. The van der Waals surface area contributed by atoms with Gasteiger partial charge in [0.25, 0.3) is 5.91 Å². The molecule has 2 atom stereocenters. The molecule has 8 heteroatoms. The molecule has 1 aromatic heterocycles. The van der Waals surface area contributed by atoms with Crippen LogP contribution in [0.3, 0.4) is 0 Å². The van der Waals surface area contributed by atoms with Crippen LogP contribution in [0.25, 0.3) is 0 Å². The minimum absolute atomic E-state index is 0.146. The molecule has 2 aromatic rings. The zero-order valence-corrected chi connectivity index (χ0v) is 16.0. The molecule has 2 amide bonds. The standard InChI is InChI=1S/C20H23N3O5/c1-21-18(24)16-11-14(28-13-7-5-4-6-8-13)12-23(16)20(25)15-9-10-17(26-2)22-19(15)27-3/h4-10,14,16H,11-12H2,1-3H3,(H,21,24)/t14-,16-/m0/s1. The Bertz CT molecular complexity index is 843. The Kier molecular flexibility index (Phi) is 5.98. The first-order chi connectivity index (χ1) is 13.6. The number of pyridine rings is 1. The van der Waals surface area contributed by atoms with Crippen LogP contribution in [-0.2, 0) is 4.79 Å². The van der Waals surface area contributed by atoms with Gasteiger partial charge in [-0.1, -0.05) is 18.2 Å². The van der Waals surface area contributed by atoms with Crippen molar-refractivity contribution in [1.29, 1.82) is 0 Å². The van der Waals surface area contributed by atoms with Crippen molar-refractivity contribution in [2.24, 2.45) is 0 Å². The zero-order valence-electron chi connectivity index (χ0n) is 16.0. The fraction of sp³-hybridized carbons (Fsp3) is 0.350. The van der Waals surface area contributed by atoms with Crippen molar-refractivity contribution in [3.8, 4) is 17.5 Å². The molecule has 148 valence electrons. The van der Waals surface area contributed by atoms with Gasteiger partial charge < -0.3 is 24.4 Å². The average molecular weight is 385 g/mol. The summed E-state index contributed by atoms with van der Waals surface area (Å²) < 4.78 is 16.3. The summed E-state index contributed by atoms with van der Waals surface area (Å²) in [4.78, 5) is 31.2. The molecule has 0 radical (unpaired) electrons. The van der Waals surface area contributed by atoms with Crippen LogP contribution in [0.5, 0.6) is 17.5 Å². The third-order valence-corrected chi connectivity index (χ3v) is 4.59. The Morgan fingerprint density at radius 3 is 2.50 bits per heavy atom. The first-order valence-electron chi connectivity index (χ1n) is 8.90. The van der Waals surface area contributed by atoms with E-state index in [1.165, 1.54) is 19.1 Å². The summed E-state index contributed by atoms with van der Waals surface area (Å²) in [6.45, 7) is 0.279. The summed E-state index contributed by atoms with van der Waals surface area (Å²) in [7, 11) is 4.46. The number of rotatable bonds is 6. The molecule has 0 bridgehead atoms. The molecule has 0 unspecified atom stereocenters. The van der Waals surface area contributed by atoms with E-state index in [9.17, 15) is 9.59 Å². The third-order valence-electron chi connectivity index (χ3n) is 4.59. The average Bonchev–Trinajstić information content (AvgIpc) is 3.16. The number of hydrogen-bond donors (Lipinski definition) is 1. The Hall–Kier alpha value is -3.29. The first kappa shape index (κ1) is 19.5. The SMILES string of the molecule is CNC(=O)[C@@H]1C[C@H](Oc2ccccc2)CN1C(=O)c1ccc(OC)nc1OC. The molecule has 1 aliphatic heterocycles. The number of para-hydroxylation sites is 1. The molecule has 1 N–H and O–H groups in total. The molecule has 2 heterocycles. The number of aromatic nitrogens is 1. The van der Waals surface area contributed by atoms with Gasteiger partial charge in [0.15, 0.2) is 0 Å². The van der Waals surface area contributed by atoms with Crippen LogP contribution in [0.4, 0.5) is 0 Å². The Morgan fingerprint density at radius 2 is 1.86 bits per heavy atom. The predicted molar refractivity (Wildman–Crippen MR) is 102 cm³/mol. The summed E-state index contributed by atoms with van der Waals surface area (Å²) in [5.74, 6) is 0.587. The van der Waals surface area contributed by atoms with Crippen LogP contribution in [0, 0.1) is 0 Å². The topological polar surface area (TPSA) is 90.0 Å². The minimum Gasteiger partial charge on any atom is -0.488 e. The van der Waals surface area contributed by atoms with Crippen molar-refractivity contribution in [3.63, 3.8) is 0 Å². The van der Waals surface area contributed by atoms with Crippen LogP contribution >= 0.6 is 0 Å². The van der Waals surface area contributed by atoms with Crippen LogP contribution < -0.4 is 19.5 Å². The predicted octanol–water partition coefficient (Wildman–Crippen LogP) is 1.51. The number of ether oxygens (including phenoxy) is 3. The lowest BCUT2D eigenvalue weighted by Gasteiger charge is -2.23. The molecular formula is C20H23N3O5. The van der Waals surface area contributed by atoms with Gasteiger partial charge in [-0.2, -0.15) is 4.98 Å². The van der Waals surface area contributed by atoms with E-state index in [-0.39, 0.29) is 35.9 Å². The van der Waals surface area contributed by atoms with Gasteiger partial charge in [-0.25, -0.2) is 0 Å². The lowest BCUT2D eigenvalue weighted by Crippen LogP contribution is -2.45. The maximum absolute atomic E-state index is 13.2. The number of nitrogens with zero attached hydrogens (tertiary/aromatic N) is 2. The second-order valence-electron chi connectivity index (χ2n) is 6.29. The van der Waals surface area contributed by atoms with Crippen LogP contribution in [0.15, 0.2) is 42.5 Å². The zero-order chi connectivity index (χ0) is 20.1. The van der Waals surface area contributed by atoms with Gasteiger partial charge in [0.05, 0.1) is 20.8 Å². The number of methoxy groups -OCH3 is 2. The highest BCUT2D eigenvalue weighted by molar-refractivity contribution is 5.99. The molecule has 3 rings (SSSR count). The lowest BCUT2D eigenvalue weighted by molar-refractivity contribution is -0.124. The van der Waals surface area contributed by atoms with E-state index in [0.717, 1.165) is 0 Å². The molecule has 8 nitrogen and oxygen atoms in total. The van der Waals surface area contributed by atoms with Crippen LogP contribution in [0.1, 0.15) is 16.8 Å². The lowest BCUT2D eigenvalue weighted by atomic mass is 10.1. The van der Waals surface area contributed by atoms with E-state index in [2.05, 4.69) is 10.3 Å². The third kappa shape index (κ3) is 4.00. The van der Waals surface area contributed by atoms with E-state index in [1.807, 2.05) is 30.3 Å². The van der Waals surface area contributed by atoms with E-state index in [0.29, 0.717) is 18.1 Å². The molecule has 0 spiro atoms. The van der Waals surface area contributed by atoms with Crippen molar-refractivity contribution in [3.05, 3.63) is 48.0 Å². The number of likely N-dealkylation sites (N-methyl/N-ethyl adjacent to an activating group) is 1. The molecule has 0 aliphatic carbocycles. The fourth-order valence-electron chi connectivity index (χ4n) is 3.22. The van der Waals surface area contributed by atoms with Crippen molar-refractivity contribution >= 4 is 11.8 Å². The smallest absolute Gasteiger partial charge is 0.260 e. The summed E-state index contributed by atoms with van der Waals surface area (Å²) in [6.07, 6.45) is 0.0949. The number of nitrogens with one attached hydrogen (secondary N) is 1. The highest BCUT2D eigenvalue weighted by atomic mass is 16.5. The Morgan fingerprint density at radius 1 is 1.11 bits per heavy atom. The van der Waals surface area contributed by atoms with Gasteiger partial charge in [0, 0.05) is 19.5 Å². The molecule has 1 aliphatic rings. The van der Waals surface area contributed by atoms with E-state index < -0.39 is 6.04 Å². The Balaban J connectivity index is 1.85. The highest BCUT2D eigenvalue weighted by Gasteiger charge is 2.41. The quantitative estimate of drug-likeness (QED) is 0.811. The van der Waals surface area contributed by atoms with Crippen LogP contribution in [-0.4, -0.2) is 61.7 Å². The van der Waals surface area contributed by atoms with E-state index >= 15 is 0 Å². The largest absolute Gasteiger partial charge is 0.488 e. The van der Waals surface area contributed by atoms with Gasteiger partial charge in [-0.05, 0) is 18.2 Å². The number of likely N-dealkylation sites (tertiary alicyclic amines) is 1. The van der Waals surface area contributed by atoms with Gasteiger partial charge in [0.1, 0.15) is 23.5 Å². The second kappa shape index (κ2) is 8.60. The summed E-state index contributed by atoms with van der Waals surface area (Å²) in [6, 6.07) is 11.9. The first-order valence-corrected chi connectivity index (χ1v) is 8.90. The molecule has 28 heavy (non-hydrogen) atoms. The molecular weight excluding hydrogens is 362 g/mol. The number of hydrogen-bond acceptors (Lipinski definition) is 6. The van der Waals surface area contributed by atoms with E-state index in [1.54, 1.807) is 19.2 Å². The van der Waals surface area contributed by atoms with Crippen molar-refractivity contribution in [2.75, 3.05) is 27.8 Å². The Labute approximate surface area is 163 Å².